The van der Waals surface area contributed by atoms with Gasteiger partial charge >= 0.3 is 11.9 Å². The van der Waals surface area contributed by atoms with Crippen LogP contribution in [0.2, 0.25) is 0 Å². The van der Waals surface area contributed by atoms with E-state index in [1.165, 1.54) is 19.8 Å². The molecule has 242 valence electrons. The number of aromatic nitrogens is 1. The second-order valence-corrected chi connectivity index (χ2v) is 13.5. The van der Waals surface area contributed by atoms with Gasteiger partial charge in [0.05, 0.1) is 14.2 Å². The maximum Gasteiger partial charge on any atom is 0.320 e. The van der Waals surface area contributed by atoms with Crippen LogP contribution in [0.5, 0.6) is 0 Å². The molecule has 6 rings (SSSR count). The third-order valence-electron chi connectivity index (χ3n) is 11.5. The summed E-state index contributed by atoms with van der Waals surface area (Å²) in [6.07, 6.45) is 9.09. The average molecular weight is 617 g/mol. The minimum atomic E-state index is -0.900. The molecule has 0 amide bonds. The highest BCUT2D eigenvalue weighted by Gasteiger charge is 2.53. The molecule has 9 nitrogen and oxygen atoms in total. The summed E-state index contributed by atoms with van der Waals surface area (Å²) >= 11 is 0. The molecule has 0 radical (unpaired) electrons. The summed E-state index contributed by atoms with van der Waals surface area (Å²) < 4.78 is 10.3. The average Bonchev–Trinajstić information content (AvgIpc) is 3.76. The molecule has 4 aliphatic heterocycles. The first-order valence-electron chi connectivity index (χ1n) is 16.4. The van der Waals surface area contributed by atoms with Crippen molar-refractivity contribution in [2.45, 2.75) is 84.5 Å². The number of aliphatic hydroxyl groups is 1. The van der Waals surface area contributed by atoms with Gasteiger partial charge < -0.3 is 35.5 Å². The molecule has 5 aliphatic rings. The Morgan fingerprint density at radius 2 is 1.87 bits per heavy atom. The Balaban J connectivity index is 1.56. The van der Waals surface area contributed by atoms with Crippen molar-refractivity contribution < 1.29 is 24.2 Å². The Kier molecular flexibility index (Phi) is 8.27. The van der Waals surface area contributed by atoms with Gasteiger partial charge in [-0.15, -0.1) is 0 Å². The predicted octanol–water partition coefficient (Wildman–Crippen LogP) is 3.23. The van der Waals surface area contributed by atoms with E-state index in [9.17, 15) is 14.7 Å². The highest BCUT2D eigenvalue weighted by atomic mass is 16.5. The van der Waals surface area contributed by atoms with Crippen LogP contribution in [0.15, 0.2) is 40.5 Å². The van der Waals surface area contributed by atoms with Crippen molar-refractivity contribution >= 4 is 30.2 Å². The van der Waals surface area contributed by atoms with Gasteiger partial charge in [0, 0.05) is 75.7 Å². The SMILES string of the molecule is C=Cc1c(C)/c2[nH]/c1=C\C1=C(C)C(CC)C(CC3NC4=C(C5NC(\C=2)[C@@H](C)[C@@H]5CCC(=O)OC)[C@@H](C(=O)OC)C(O)=C4C3C)N1. The molecule has 5 N–H and O–H groups in total. The Morgan fingerprint density at radius 3 is 2.53 bits per heavy atom. The number of hydrogen-bond donors (Lipinski definition) is 5. The van der Waals surface area contributed by atoms with E-state index in [0.29, 0.717) is 12.3 Å². The van der Waals surface area contributed by atoms with Crippen LogP contribution in [0, 0.1) is 36.5 Å². The lowest BCUT2D eigenvalue weighted by Gasteiger charge is -2.29. The second kappa shape index (κ2) is 11.9. The van der Waals surface area contributed by atoms with Gasteiger partial charge in [0.25, 0.3) is 0 Å². The minimum Gasteiger partial charge on any atom is -0.511 e. The van der Waals surface area contributed by atoms with E-state index in [1.54, 1.807) is 0 Å². The number of fused-ring (bicyclic) bond motifs is 8. The number of esters is 2. The zero-order valence-corrected chi connectivity index (χ0v) is 27.5. The predicted molar refractivity (Wildman–Crippen MR) is 175 cm³/mol. The third kappa shape index (κ3) is 4.94. The first kappa shape index (κ1) is 31.3. The number of allylic oxidation sites excluding steroid dienone is 2. The molecule has 8 bridgehead atoms. The first-order valence-corrected chi connectivity index (χ1v) is 16.4. The molecule has 5 heterocycles. The molecule has 1 aromatic rings. The summed E-state index contributed by atoms with van der Waals surface area (Å²) in [4.78, 5) is 29.4. The van der Waals surface area contributed by atoms with E-state index < -0.39 is 11.9 Å². The van der Waals surface area contributed by atoms with E-state index in [-0.39, 0.29) is 60.1 Å². The molecule has 1 aromatic heterocycles. The van der Waals surface area contributed by atoms with Crippen molar-refractivity contribution in [1.82, 2.24) is 20.9 Å². The molecule has 6 unspecified atom stereocenters. The second-order valence-electron chi connectivity index (χ2n) is 13.5. The molecule has 1 aliphatic carbocycles. The van der Waals surface area contributed by atoms with Crippen LogP contribution in [0.3, 0.4) is 0 Å². The standard InChI is InChI=1S/C36H48N4O5/c1-9-20-16(3)23-13-25-18(5)22(11-12-29(41)44-7)33(39-25)31-32(36(43)45-8)35(42)30-19(6)26(40-34(30)31)15-28-21(10-2)17(4)24(38-28)14-27(20)37-23/h9,13-14,18-19,21-22,25-26,28,32-33,37-40,42H,1,10-12,15H2,2-8H3/b23-13-,27-14-/t18-,19?,21?,22-,25?,26?,28?,32+,33?/m0/s1. The monoisotopic (exact) mass is 616 g/mol. The molecule has 9 atom stereocenters. The number of rotatable bonds is 6. The van der Waals surface area contributed by atoms with E-state index >= 15 is 0 Å². The number of H-pyrrole nitrogens is 1. The molecular formula is C36H48N4O5. The lowest BCUT2D eigenvalue weighted by atomic mass is 9.79. The smallest absolute Gasteiger partial charge is 0.320 e. The van der Waals surface area contributed by atoms with E-state index in [0.717, 1.165) is 57.2 Å². The minimum absolute atomic E-state index is 0.00544. The number of hydrogen-bond acceptors (Lipinski definition) is 8. The normalized spacial score (nSPS) is 35.0. The van der Waals surface area contributed by atoms with Gasteiger partial charge in [0.15, 0.2) is 0 Å². The Labute approximate surface area is 265 Å². The van der Waals surface area contributed by atoms with E-state index in [4.69, 9.17) is 9.47 Å². The maximum absolute atomic E-state index is 13.4. The van der Waals surface area contributed by atoms with Crippen LogP contribution in [0.1, 0.15) is 64.5 Å². The van der Waals surface area contributed by atoms with Gasteiger partial charge in [-0.1, -0.05) is 33.4 Å². The van der Waals surface area contributed by atoms with Gasteiger partial charge in [-0.25, -0.2) is 0 Å². The molecule has 2 fully saturated rings. The Bertz CT molecular complexity index is 1650. The number of ether oxygens (including phenoxy) is 2. The highest BCUT2D eigenvalue weighted by Crippen LogP contribution is 2.50. The number of nitrogens with one attached hydrogen (secondary N) is 4. The Hall–Kier alpha value is -3.72. The maximum atomic E-state index is 13.4. The van der Waals surface area contributed by atoms with Crippen LogP contribution in [0.25, 0.3) is 18.2 Å². The Morgan fingerprint density at radius 1 is 1.11 bits per heavy atom. The highest BCUT2D eigenvalue weighted by molar-refractivity contribution is 5.83. The largest absolute Gasteiger partial charge is 0.511 e. The number of methoxy groups -OCH3 is 2. The number of aliphatic hydroxyl groups excluding tert-OH is 1. The van der Waals surface area contributed by atoms with Crippen LogP contribution >= 0.6 is 0 Å². The topological polar surface area (TPSA) is 125 Å². The summed E-state index contributed by atoms with van der Waals surface area (Å²) in [5.74, 6) is -1.09. The number of carbonyl (C=O) groups excluding carboxylic acids is 2. The number of carbonyl (C=O) groups is 2. The van der Waals surface area contributed by atoms with Crippen molar-refractivity contribution in [2.75, 3.05) is 14.2 Å². The summed E-state index contributed by atoms with van der Waals surface area (Å²) in [5, 5.41) is 25.3. The number of aromatic amines is 1. The van der Waals surface area contributed by atoms with Crippen molar-refractivity contribution in [1.29, 1.82) is 0 Å². The van der Waals surface area contributed by atoms with Crippen molar-refractivity contribution in [3.05, 3.63) is 62.3 Å². The molecule has 9 heteroatoms. The molecular weight excluding hydrogens is 568 g/mol. The molecule has 2 saturated heterocycles. The fourth-order valence-corrected chi connectivity index (χ4v) is 8.89. The van der Waals surface area contributed by atoms with Crippen molar-refractivity contribution in [3.8, 4) is 0 Å². The first-order chi connectivity index (χ1) is 21.5. The molecule has 0 saturated carbocycles. The van der Waals surface area contributed by atoms with Crippen LogP contribution < -0.4 is 26.6 Å². The van der Waals surface area contributed by atoms with Crippen LogP contribution in [-0.4, -0.2) is 60.4 Å². The summed E-state index contributed by atoms with van der Waals surface area (Å²) in [6, 6.07) is -0.0675. The van der Waals surface area contributed by atoms with E-state index in [1.807, 2.05) is 6.08 Å². The zero-order chi connectivity index (χ0) is 32.3. The summed E-state index contributed by atoms with van der Waals surface area (Å²) in [7, 11) is 2.78. The van der Waals surface area contributed by atoms with Gasteiger partial charge in [-0.2, -0.15) is 0 Å². The third-order valence-corrected chi connectivity index (χ3v) is 11.5. The lowest BCUT2D eigenvalue weighted by molar-refractivity contribution is -0.144. The van der Waals surface area contributed by atoms with E-state index in [2.05, 4.69) is 74.3 Å². The summed E-state index contributed by atoms with van der Waals surface area (Å²) in [5.41, 5.74) is 7.17. The molecule has 45 heavy (non-hydrogen) atoms. The molecule has 0 aromatic carbocycles. The van der Waals surface area contributed by atoms with Gasteiger partial charge in [0.2, 0.25) is 0 Å². The fraction of sp³-hybridized carbons (Fsp3) is 0.556. The van der Waals surface area contributed by atoms with Crippen LogP contribution in [-0.2, 0) is 19.1 Å². The van der Waals surface area contributed by atoms with Gasteiger partial charge in [0.1, 0.15) is 11.7 Å². The van der Waals surface area contributed by atoms with Crippen LogP contribution in [0.4, 0.5) is 0 Å². The zero-order valence-electron chi connectivity index (χ0n) is 27.5. The molecule has 0 spiro atoms. The van der Waals surface area contributed by atoms with Crippen molar-refractivity contribution in [3.63, 3.8) is 0 Å². The van der Waals surface area contributed by atoms with Gasteiger partial charge in [-0.3, -0.25) is 9.59 Å². The van der Waals surface area contributed by atoms with Crippen molar-refractivity contribution in [2.24, 2.45) is 29.6 Å². The fourth-order valence-electron chi connectivity index (χ4n) is 8.89. The van der Waals surface area contributed by atoms with Gasteiger partial charge in [-0.05, 0) is 73.8 Å². The quantitative estimate of drug-likeness (QED) is 0.309. The lowest BCUT2D eigenvalue weighted by Crippen LogP contribution is -2.41. The summed E-state index contributed by atoms with van der Waals surface area (Å²) in [6.45, 7) is 15.1.